The molecule has 1 amide bonds. The first-order valence-corrected chi connectivity index (χ1v) is 9.24. The minimum Gasteiger partial charge on any atom is -0.353 e. The monoisotopic (exact) mass is 355 g/mol. The molecule has 1 atom stereocenters. The number of carbonyl (C=O) groups is 1. The number of carbonyl (C=O) groups excluding carboxylic acids is 1. The van der Waals surface area contributed by atoms with Crippen molar-refractivity contribution in [2.75, 3.05) is 13.1 Å². The zero-order valence-corrected chi connectivity index (χ0v) is 14.5. The van der Waals surface area contributed by atoms with E-state index in [1.54, 1.807) is 24.3 Å². The summed E-state index contributed by atoms with van der Waals surface area (Å²) < 4.78 is 27.5. The van der Waals surface area contributed by atoms with Gasteiger partial charge in [0.25, 0.3) is 0 Å². The van der Waals surface area contributed by atoms with Gasteiger partial charge >= 0.3 is 0 Å². The average Bonchev–Trinajstić information content (AvgIpc) is 2.62. The van der Waals surface area contributed by atoms with Crippen LogP contribution in [0.25, 0.3) is 0 Å². The van der Waals surface area contributed by atoms with Crippen molar-refractivity contribution in [2.45, 2.75) is 17.9 Å². The molecular formula is C18H17N3O3S. The van der Waals surface area contributed by atoms with Crippen LogP contribution < -0.4 is 5.32 Å². The molecule has 1 aliphatic rings. The Balaban J connectivity index is 2.10. The van der Waals surface area contributed by atoms with Crippen molar-refractivity contribution >= 4 is 15.9 Å². The largest absolute Gasteiger partial charge is 0.353 e. The fraction of sp³-hybridized carbons (Fsp3) is 0.222. The Kier molecular flexibility index (Phi) is 4.57. The van der Waals surface area contributed by atoms with Gasteiger partial charge in [-0.1, -0.05) is 42.0 Å². The van der Waals surface area contributed by atoms with Gasteiger partial charge < -0.3 is 5.32 Å². The SMILES string of the molecule is Cc1ccc(C2C(=O)NCCN2S(=O)(=O)c2ccccc2C#N)cc1. The summed E-state index contributed by atoms with van der Waals surface area (Å²) in [4.78, 5) is 12.4. The highest BCUT2D eigenvalue weighted by Crippen LogP contribution is 2.31. The maximum atomic E-state index is 13.2. The molecule has 1 saturated heterocycles. The van der Waals surface area contributed by atoms with Crippen molar-refractivity contribution in [3.05, 3.63) is 65.2 Å². The average molecular weight is 355 g/mol. The molecule has 2 aromatic carbocycles. The number of benzene rings is 2. The van der Waals surface area contributed by atoms with E-state index in [1.165, 1.54) is 16.4 Å². The Morgan fingerprint density at radius 3 is 2.52 bits per heavy atom. The first-order chi connectivity index (χ1) is 11.9. The number of sulfonamides is 1. The lowest BCUT2D eigenvalue weighted by molar-refractivity contribution is -0.126. The number of hydrogen-bond acceptors (Lipinski definition) is 4. The minimum absolute atomic E-state index is 0.0659. The van der Waals surface area contributed by atoms with E-state index in [2.05, 4.69) is 5.32 Å². The van der Waals surface area contributed by atoms with E-state index in [0.29, 0.717) is 5.56 Å². The second kappa shape index (κ2) is 6.67. The molecular weight excluding hydrogens is 338 g/mol. The molecule has 25 heavy (non-hydrogen) atoms. The van der Waals surface area contributed by atoms with E-state index < -0.39 is 16.1 Å². The van der Waals surface area contributed by atoms with E-state index in [0.717, 1.165) is 5.56 Å². The normalized spacial score (nSPS) is 18.4. The molecule has 3 rings (SSSR count). The third-order valence-corrected chi connectivity index (χ3v) is 6.08. The van der Waals surface area contributed by atoms with Gasteiger partial charge in [0.2, 0.25) is 15.9 Å². The summed E-state index contributed by atoms with van der Waals surface area (Å²) in [6.07, 6.45) is 0. The highest BCUT2D eigenvalue weighted by Gasteiger charge is 2.40. The number of nitrogens with one attached hydrogen (secondary N) is 1. The van der Waals surface area contributed by atoms with Crippen molar-refractivity contribution < 1.29 is 13.2 Å². The molecule has 0 bridgehead atoms. The Morgan fingerprint density at radius 1 is 1.16 bits per heavy atom. The molecule has 1 N–H and O–H groups in total. The van der Waals surface area contributed by atoms with Crippen LogP contribution in [0.2, 0.25) is 0 Å². The van der Waals surface area contributed by atoms with Crippen LogP contribution in [-0.2, 0) is 14.8 Å². The highest BCUT2D eigenvalue weighted by atomic mass is 32.2. The predicted octanol–water partition coefficient (Wildman–Crippen LogP) is 1.73. The van der Waals surface area contributed by atoms with Crippen molar-refractivity contribution in [3.63, 3.8) is 0 Å². The number of rotatable bonds is 3. The van der Waals surface area contributed by atoms with Gasteiger partial charge in [-0.2, -0.15) is 9.57 Å². The van der Waals surface area contributed by atoms with Gasteiger partial charge in [0.05, 0.1) is 10.5 Å². The Morgan fingerprint density at radius 2 is 1.84 bits per heavy atom. The fourth-order valence-corrected chi connectivity index (χ4v) is 4.60. The van der Waals surface area contributed by atoms with E-state index >= 15 is 0 Å². The number of aryl methyl sites for hydroxylation is 1. The smallest absolute Gasteiger partial charge is 0.245 e. The van der Waals surface area contributed by atoms with Crippen LogP contribution in [0.5, 0.6) is 0 Å². The maximum Gasteiger partial charge on any atom is 0.245 e. The molecule has 7 heteroatoms. The molecule has 1 unspecified atom stereocenters. The number of nitriles is 1. The lowest BCUT2D eigenvalue weighted by Gasteiger charge is -2.34. The number of hydrogen-bond donors (Lipinski definition) is 1. The first kappa shape index (κ1) is 17.1. The lowest BCUT2D eigenvalue weighted by atomic mass is 10.0. The third-order valence-electron chi connectivity index (χ3n) is 4.15. The molecule has 0 aromatic heterocycles. The van der Waals surface area contributed by atoms with Crippen LogP contribution in [0, 0.1) is 18.3 Å². The Bertz CT molecular complexity index is 946. The Hall–Kier alpha value is -2.69. The van der Waals surface area contributed by atoms with Crippen molar-refractivity contribution in [3.8, 4) is 6.07 Å². The second-order valence-electron chi connectivity index (χ2n) is 5.83. The topological polar surface area (TPSA) is 90.3 Å². The summed E-state index contributed by atoms with van der Waals surface area (Å²) in [5.41, 5.74) is 1.68. The summed E-state index contributed by atoms with van der Waals surface area (Å²) in [6.45, 7) is 2.30. The van der Waals surface area contributed by atoms with Crippen LogP contribution in [-0.4, -0.2) is 31.7 Å². The molecule has 0 aliphatic carbocycles. The van der Waals surface area contributed by atoms with Gasteiger partial charge in [0.15, 0.2) is 0 Å². The van der Waals surface area contributed by atoms with E-state index in [1.807, 2.05) is 25.1 Å². The minimum atomic E-state index is -4.00. The quantitative estimate of drug-likeness (QED) is 0.908. The Labute approximate surface area is 146 Å². The fourth-order valence-electron chi connectivity index (χ4n) is 2.88. The van der Waals surface area contributed by atoms with Crippen LogP contribution in [0.4, 0.5) is 0 Å². The van der Waals surface area contributed by atoms with Gasteiger partial charge in [-0.3, -0.25) is 4.79 Å². The van der Waals surface area contributed by atoms with E-state index in [4.69, 9.17) is 0 Å². The maximum absolute atomic E-state index is 13.2. The molecule has 0 saturated carbocycles. The second-order valence-corrected chi connectivity index (χ2v) is 7.69. The van der Waals surface area contributed by atoms with Gasteiger partial charge in [-0.05, 0) is 24.6 Å². The molecule has 6 nitrogen and oxygen atoms in total. The lowest BCUT2D eigenvalue weighted by Crippen LogP contribution is -2.52. The van der Waals surface area contributed by atoms with Crippen LogP contribution >= 0.6 is 0 Å². The molecule has 128 valence electrons. The van der Waals surface area contributed by atoms with E-state index in [-0.39, 0.29) is 29.5 Å². The summed E-state index contributed by atoms with van der Waals surface area (Å²) in [6, 6.07) is 14.2. The molecule has 1 heterocycles. The first-order valence-electron chi connectivity index (χ1n) is 7.80. The molecule has 0 spiro atoms. The van der Waals surface area contributed by atoms with Crippen molar-refractivity contribution in [2.24, 2.45) is 0 Å². The van der Waals surface area contributed by atoms with Crippen molar-refractivity contribution in [1.82, 2.24) is 9.62 Å². The highest BCUT2D eigenvalue weighted by molar-refractivity contribution is 7.89. The third kappa shape index (κ3) is 3.14. The zero-order valence-electron chi connectivity index (χ0n) is 13.6. The number of piperazine rings is 1. The summed E-state index contributed by atoms with van der Waals surface area (Å²) in [5.74, 6) is -0.367. The van der Waals surface area contributed by atoms with Crippen LogP contribution in [0.15, 0.2) is 53.4 Å². The van der Waals surface area contributed by atoms with Crippen molar-refractivity contribution in [1.29, 1.82) is 5.26 Å². The van der Waals surface area contributed by atoms with E-state index in [9.17, 15) is 18.5 Å². The predicted molar refractivity (Wildman–Crippen MR) is 92.0 cm³/mol. The zero-order chi connectivity index (χ0) is 18.0. The number of amides is 1. The molecule has 1 fully saturated rings. The van der Waals surface area contributed by atoms with Gasteiger partial charge in [-0.25, -0.2) is 8.42 Å². The summed E-state index contributed by atoms with van der Waals surface area (Å²) in [5, 5.41) is 12.0. The van der Waals surface area contributed by atoms with Gasteiger partial charge in [-0.15, -0.1) is 0 Å². The van der Waals surface area contributed by atoms with Crippen LogP contribution in [0.1, 0.15) is 22.7 Å². The molecule has 2 aromatic rings. The molecule has 1 aliphatic heterocycles. The standard InChI is InChI=1S/C18H17N3O3S/c1-13-6-8-14(9-7-13)17-18(22)20-10-11-21(17)25(23,24)16-5-3-2-4-15(16)12-19/h2-9,17H,10-11H2,1H3,(H,20,22). The summed E-state index contributed by atoms with van der Waals surface area (Å²) in [7, 11) is -4.00. The van der Waals surface area contributed by atoms with Crippen LogP contribution in [0.3, 0.4) is 0 Å². The van der Waals surface area contributed by atoms with Gasteiger partial charge in [0.1, 0.15) is 12.1 Å². The number of nitrogens with zero attached hydrogens (tertiary/aromatic N) is 2. The summed E-state index contributed by atoms with van der Waals surface area (Å²) >= 11 is 0. The van der Waals surface area contributed by atoms with Gasteiger partial charge in [0, 0.05) is 13.1 Å². The molecule has 0 radical (unpaired) electrons.